The van der Waals surface area contributed by atoms with Gasteiger partial charge in [0.05, 0.1) is 0 Å². The summed E-state index contributed by atoms with van der Waals surface area (Å²) in [6, 6.07) is -0.547. The van der Waals surface area contributed by atoms with Crippen molar-refractivity contribution < 1.29 is 19.8 Å². The molecule has 0 aromatic rings. The van der Waals surface area contributed by atoms with Gasteiger partial charge in [-0.2, -0.15) is 0 Å². The average Bonchev–Trinajstić information content (AvgIpc) is 2.84. The van der Waals surface area contributed by atoms with Crippen molar-refractivity contribution in [3.63, 3.8) is 0 Å². The van der Waals surface area contributed by atoms with Crippen molar-refractivity contribution in [2.75, 3.05) is 13.1 Å². The fraction of sp³-hybridized carbons (Fsp3) is 0.818. The highest BCUT2D eigenvalue weighted by Crippen LogP contribution is 2.06. The van der Waals surface area contributed by atoms with Gasteiger partial charge in [0.25, 0.3) is 0 Å². The Balaban J connectivity index is 0.000000171. The fourth-order valence-corrected chi connectivity index (χ4v) is 1.96. The second kappa shape index (κ2) is 7.24. The second-order valence-corrected chi connectivity index (χ2v) is 4.33. The van der Waals surface area contributed by atoms with Crippen LogP contribution in [0.4, 0.5) is 0 Å². The van der Waals surface area contributed by atoms with Crippen molar-refractivity contribution in [3.8, 4) is 0 Å². The standard InChI is InChI=1S/C6H11NO2.C5H9NO2/c8-6(9)5-3-1-2-4-7-5;7-5(8)4-2-1-3-6-4/h5,7H,1-4H2,(H,8,9);4,6H,1-3H2,(H,7,8)/t5-;4-/m00/s1. The van der Waals surface area contributed by atoms with Gasteiger partial charge >= 0.3 is 11.9 Å². The normalized spacial score (nSPS) is 28.0. The first-order valence-electron chi connectivity index (χ1n) is 6.03. The number of hydrogen-bond donors (Lipinski definition) is 4. The zero-order chi connectivity index (χ0) is 12.7. The van der Waals surface area contributed by atoms with Gasteiger partial charge in [0, 0.05) is 0 Å². The van der Waals surface area contributed by atoms with E-state index in [0.29, 0.717) is 0 Å². The second-order valence-electron chi connectivity index (χ2n) is 4.33. The van der Waals surface area contributed by atoms with Gasteiger partial charge in [-0.05, 0) is 38.8 Å². The molecule has 0 saturated carbocycles. The van der Waals surface area contributed by atoms with Crippen molar-refractivity contribution in [1.82, 2.24) is 10.6 Å². The van der Waals surface area contributed by atoms with Gasteiger partial charge in [0.2, 0.25) is 0 Å². The van der Waals surface area contributed by atoms with Crippen LogP contribution in [-0.2, 0) is 9.59 Å². The third-order valence-electron chi connectivity index (χ3n) is 2.97. The molecule has 0 radical (unpaired) electrons. The van der Waals surface area contributed by atoms with E-state index >= 15 is 0 Å². The molecule has 2 saturated heterocycles. The molecular formula is C11H20N2O4. The monoisotopic (exact) mass is 244 g/mol. The van der Waals surface area contributed by atoms with Crippen molar-refractivity contribution >= 4 is 11.9 Å². The van der Waals surface area contributed by atoms with Crippen LogP contribution in [0.5, 0.6) is 0 Å². The lowest BCUT2D eigenvalue weighted by Crippen LogP contribution is -2.40. The highest BCUT2D eigenvalue weighted by molar-refractivity contribution is 5.73. The molecule has 0 aromatic heterocycles. The van der Waals surface area contributed by atoms with Crippen LogP contribution in [0, 0.1) is 0 Å². The molecule has 0 bridgehead atoms. The predicted octanol–water partition coefficient (Wildman–Crippen LogP) is 0.0361. The molecule has 0 spiro atoms. The number of piperidine rings is 1. The number of aliphatic carboxylic acids is 2. The molecule has 2 rings (SSSR count). The van der Waals surface area contributed by atoms with E-state index in [-0.39, 0.29) is 12.1 Å². The van der Waals surface area contributed by atoms with E-state index in [2.05, 4.69) is 10.6 Å². The molecule has 6 heteroatoms. The van der Waals surface area contributed by atoms with Crippen molar-refractivity contribution in [3.05, 3.63) is 0 Å². The molecule has 0 aliphatic carbocycles. The Labute approximate surface area is 100 Å². The molecule has 17 heavy (non-hydrogen) atoms. The lowest BCUT2D eigenvalue weighted by atomic mass is 10.1. The number of rotatable bonds is 2. The minimum atomic E-state index is -0.720. The quantitative estimate of drug-likeness (QED) is 0.547. The van der Waals surface area contributed by atoms with E-state index < -0.39 is 11.9 Å². The van der Waals surface area contributed by atoms with E-state index in [0.717, 1.165) is 45.2 Å². The van der Waals surface area contributed by atoms with Crippen LogP contribution in [0.3, 0.4) is 0 Å². The fourth-order valence-electron chi connectivity index (χ4n) is 1.96. The van der Waals surface area contributed by atoms with Gasteiger partial charge in [-0.3, -0.25) is 9.59 Å². The maximum Gasteiger partial charge on any atom is 0.320 e. The van der Waals surface area contributed by atoms with E-state index in [1.54, 1.807) is 0 Å². The molecule has 0 amide bonds. The first-order chi connectivity index (χ1) is 8.11. The summed E-state index contributed by atoms with van der Waals surface area (Å²) in [7, 11) is 0. The minimum Gasteiger partial charge on any atom is -0.480 e. The molecule has 0 unspecified atom stereocenters. The number of hydrogen-bond acceptors (Lipinski definition) is 4. The Kier molecular flexibility index (Phi) is 5.93. The maximum absolute atomic E-state index is 10.3. The van der Waals surface area contributed by atoms with Gasteiger partial charge in [-0.25, -0.2) is 0 Å². The van der Waals surface area contributed by atoms with Gasteiger partial charge in [-0.15, -0.1) is 0 Å². The van der Waals surface area contributed by atoms with E-state index in [9.17, 15) is 9.59 Å². The number of carboxylic acids is 2. The summed E-state index contributed by atoms with van der Waals surface area (Å²) in [4.78, 5) is 20.4. The van der Waals surface area contributed by atoms with Crippen LogP contribution in [0.2, 0.25) is 0 Å². The van der Waals surface area contributed by atoms with Gasteiger partial charge in [0.1, 0.15) is 12.1 Å². The predicted molar refractivity (Wildman–Crippen MR) is 61.9 cm³/mol. The number of carbonyl (C=O) groups is 2. The minimum absolute atomic E-state index is 0.269. The average molecular weight is 244 g/mol. The van der Waals surface area contributed by atoms with Crippen LogP contribution in [0.25, 0.3) is 0 Å². The van der Waals surface area contributed by atoms with E-state index in [4.69, 9.17) is 10.2 Å². The zero-order valence-electron chi connectivity index (χ0n) is 9.82. The smallest absolute Gasteiger partial charge is 0.320 e. The molecule has 4 N–H and O–H groups in total. The largest absolute Gasteiger partial charge is 0.480 e. The summed E-state index contributed by atoms with van der Waals surface area (Å²) in [6.07, 6.45) is 4.73. The Morgan fingerprint density at radius 1 is 0.824 bits per heavy atom. The van der Waals surface area contributed by atoms with Crippen molar-refractivity contribution in [2.24, 2.45) is 0 Å². The van der Waals surface area contributed by atoms with Crippen LogP contribution in [0.15, 0.2) is 0 Å². The summed E-state index contributed by atoms with van der Waals surface area (Å²) in [5.74, 6) is -1.43. The van der Waals surface area contributed by atoms with Gasteiger partial charge in [-0.1, -0.05) is 6.42 Å². The number of nitrogens with one attached hydrogen (secondary N) is 2. The summed E-state index contributed by atoms with van der Waals surface area (Å²) in [6.45, 7) is 1.72. The van der Waals surface area contributed by atoms with Crippen molar-refractivity contribution in [1.29, 1.82) is 0 Å². The lowest BCUT2D eigenvalue weighted by Gasteiger charge is -2.18. The topological polar surface area (TPSA) is 98.7 Å². The highest BCUT2D eigenvalue weighted by Gasteiger charge is 2.20. The van der Waals surface area contributed by atoms with Crippen LogP contribution in [-0.4, -0.2) is 47.3 Å². The third kappa shape index (κ3) is 5.14. The Bertz CT molecular complexity index is 258. The molecule has 6 nitrogen and oxygen atoms in total. The van der Waals surface area contributed by atoms with Gasteiger partial charge in [0.15, 0.2) is 0 Å². The molecule has 2 aliphatic heterocycles. The lowest BCUT2D eigenvalue weighted by molar-refractivity contribution is -0.140. The molecule has 2 aliphatic rings. The molecular weight excluding hydrogens is 224 g/mol. The molecule has 2 atom stereocenters. The molecule has 2 fully saturated rings. The van der Waals surface area contributed by atoms with Crippen LogP contribution >= 0.6 is 0 Å². The van der Waals surface area contributed by atoms with E-state index in [1.807, 2.05) is 0 Å². The summed E-state index contributed by atoms with van der Waals surface area (Å²) in [5.41, 5.74) is 0. The first kappa shape index (κ1) is 13.9. The van der Waals surface area contributed by atoms with Crippen LogP contribution in [0.1, 0.15) is 32.1 Å². The molecule has 0 aromatic carbocycles. The molecule has 2 heterocycles. The first-order valence-corrected chi connectivity index (χ1v) is 6.03. The SMILES string of the molecule is O=C(O)[C@@H]1CCCCN1.O=C(O)[C@@H]1CCCN1. The van der Waals surface area contributed by atoms with Gasteiger partial charge < -0.3 is 20.8 Å². The summed E-state index contributed by atoms with van der Waals surface area (Å²) < 4.78 is 0. The zero-order valence-corrected chi connectivity index (χ0v) is 9.82. The number of carboxylic acid groups (broad SMARTS) is 2. The van der Waals surface area contributed by atoms with Crippen LogP contribution < -0.4 is 10.6 Å². The molecule has 98 valence electrons. The highest BCUT2D eigenvalue weighted by atomic mass is 16.4. The Morgan fingerprint density at radius 3 is 1.59 bits per heavy atom. The summed E-state index contributed by atoms with van der Waals surface area (Å²) >= 11 is 0. The summed E-state index contributed by atoms with van der Waals surface area (Å²) in [5, 5.41) is 22.6. The Hall–Kier alpha value is -1.14. The maximum atomic E-state index is 10.3. The Morgan fingerprint density at radius 2 is 1.29 bits per heavy atom. The third-order valence-corrected chi connectivity index (χ3v) is 2.97. The van der Waals surface area contributed by atoms with E-state index in [1.165, 1.54) is 0 Å². The van der Waals surface area contributed by atoms with Crippen molar-refractivity contribution in [2.45, 2.75) is 44.2 Å².